The van der Waals surface area contributed by atoms with Gasteiger partial charge < -0.3 is 10.1 Å². The Morgan fingerprint density at radius 3 is 3.00 bits per heavy atom. The van der Waals surface area contributed by atoms with E-state index in [1.165, 1.54) is 51.5 Å². The molecule has 1 heterocycles. The first kappa shape index (κ1) is 16.0. The van der Waals surface area contributed by atoms with E-state index in [0.717, 1.165) is 19.7 Å². The smallest absolute Gasteiger partial charge is 0.0893 e. The minimum absolute atomic E-state index is 0.325. The van der Waals surface area contributed by atoms with Crippen LogP contribution in [0.25, 0.3) is 0 Å². The van der Waals surface area contributed by atoms with Crippen molar-refractivity contribution in [1.29, 1.82) is 0 Å². The second-order valence-corrected chi connectivity index (χ2v) is 6.21. The van der Waals surface area contributed by atoms with Crippen LogP contribution in [-0.4, -0.2) is 50.3 Å². The van der Waals surface area contributed by atoms with Gasteiger partial charge in [0.05, 0.1) is 18.8 Å². The Bertz CT molecular complexity index is 301. The summed E-state index contributed by atoms with van der Waals surface area (Å²) in [5.74, 6) is 0. The van der Waals surface area contributed by atoms with Crippen molar-refractivity contribution < 1.29 is 4.74 Å². The van der Waals surface area contributed by atoms with Crippen molar-refractivity contribution in [1.82, 2.24) is 10.2 Å². The summed E-state index contributed by atoms with van der Waals surface area (Å²) in [6, 6.07) is 0.410. The summed E-state index contributed by atoms with van der Waals surface area (Å²) in [6.45, 7) is 6.53. The third kappa shape index (κ3) is 4.57. The quantitative estimate of drug-likeness (QED) is 0.784. The van der Waals surface area contributed by atoms with E-state index in [1.54, 1.807) is 5.57 Å². The molecule has 0 bridgehead atoms. The van der Waals surface area contributed by atoms with Gasteiger partial charge in [-0.15, -0.1) is 0 Å². The highest BCUT2D eigenvalue weighted by molar-refractivity contribution is 5.14. The number of nitrogens with zero attached hydrogens (tertiary/aromatic N) is 1. The number of likely N-dealkylation sites (N-methyl/N-ethyl adjacent to an activating group) is 1. The molecule has 3 nitrogen and oxygen atoms in total. The fraction of sp³-hybridized carbons (Fsp3) is 0.882. The van der Waals surface area contributed by atoms with Gasteiger partial charge in [0, 0.05) is 13.1 Å². The first-order valence-corrected chi connectivity index (χ1v) is 8.55. The molecule has 3 heteroatoms. The molecule has 116 valence electrons. The molecule has 0 aromatic carbocycles. The number of allylic oxidation sites excluding steroid dienone is 1. The Labute approximate surface area is 124 Å². The Hall–Kier alpha value is -0.380. The molecular weight excluding hydrogens is 248 g/mol. The highest BCUT2D eigenvalue weighted by Crippen LogP contribution is 2.23. The van der Waals surface area contributed by atoms with Gasteiger partial charge in [-0.3, -0.25) is 4.90 Å². The molecule has 2 rings (SSSR count). The molecule has 1 aliphatic heterocycles. The lowest BCUT2D eigenvalue weighted by Crippen LogP contribution is -2.52. The van der Waals surface area contributed by atoms with E-state index >= 15 is 0 Å². The van der Waals surface area contributed by atoms with Crippen molar-refractivity contribution in [3.05, 3.63) is 11.6 Å². The number of rotatable bonds is 5. The van der Waals surface area contributed by atoms with Gasteiger partial charge in [-0.05, 0) is 45.7 Å². The van der Waals surface area contributed by atoms with Crippen LogP contribution in [0.2, 0.25) is 0 Å². The summed E-state index contributed by atoms with van der Waals surface area (Å²) in [5, 5.41) is 3.53. The van der Waals surface area contributed by atoms with E-state index in [9.17, 15) is 0 Å². The summed E-state index contributed by atoms with van der Waals surface area (Å²) >= 11 is 0. The minimum Gasteiger partial charge on any atom is -0.374 e. The highest BCUT2D eigenvalue weighted by atomic mass is 16.5. The van der Waals surface area contributed by atoms with Crippen molar-refractivity contribution >= 4 is 0 Å². The lowest BCUT2D eigenvalue weighted by molar-refractivity contribution is -0.0398. The van der Waals surface area contributed by atoms with Gasteiger partial charge in [-0.25, -0.2) is 0 Å². The van der Waals surface area contributed by atoms with Gasteiger partial charge in [0.2, 0.25) is 0 Å². The largest absolute Gasteiger partial charge is 0.374 e. The zero-order chi connectivity index (χ0) is 14.2. The minimum atomic E-state index is 0.325. The average molecular weight is 280 g/mol. The summed E-state index contributed by atoms with van der Waals surface area (Å²) in [7, 11) is 2.09. The topological polar surface area (TPSA) is 24.5 Å². The van der Waals surface area contributed by atoms with Gasteiger partial charge in [-0.1, -0.05) is 31.4 Å². The van der Waals surface area contributed by atoms with E-state index in [0.29, 0.717) is 12.1 Å². The van der Waals surface area contributed by atoms with Gasteiger partial charge in [0.1, 0.15) is 0 Å². The number of hydrogen-bond acceptors (Lipinski definition) is 3. The number of hydrogen-bond donors (Lipinski definition) is 1. The standard InChI is InChI=1S/C17H32N2O/c1-3-11-19-12-13-20-16(14-19)17(18-2)15-9-7-5-4-6-8-10-15/h9,16-18H,3-8,10-14H2,1-2H3. The van der Waals surface area contributed by atoms with Crippen molar-refractivity contribution in [2.24, 2.45) is 0 Å². The maximum Gasteiger partial charge on any atom is 0.0893 e. The molecule has 2 unspecified atom stereocenters. The third-order valence-electron chi connectivity index (χ3n) is 4.63. The fourth-order valence-electron chi connectivity index (χ4n) is 3.56. The molecule has 0 saturated carbocycles. The average Bonchev–Trinajstić information content (AvgIpc) is 2.42. The lowest BCUT2D eigenvalue weighted by atomic mass is 9.91. The molecule has 1 saturated heterocycles. The molecule has 1 N–H and O–H groups in total. The molecule has 2 atom stereocenters. The van der Waals surface area contributed by atoms with Gasteiger partial charge >= 0.3 is 0 Å². The van der Waals surface area contributed by atoms with E-state index in [-0.39, 0.29) is 0 Å². The lowest BCUT2D eigenvalue weighted by Gasteiger charge is -2.38. The van der Waals surface area contributed by atoms with Crippen molar-refractivity contribution in [2.45, 2.75) is 64.0 Å². The first-order chi connectivity index (χ1) is 9.85. The molecule has 1 fully saturated rings. The Kier molecular flexibility index (Phi) is 7.05. The van der Waals surface area contributed by atoms with Gasteiger partial charge in [0.25, 0.3) is 0 Å². The van der Waals surface area contributed by atoms with Crippen molar-refractivity contribution in [2.75, 3.05) is 33.3 Å². The first-order valence-electron chi connectivity index (χ1n) is 8.55. The van der Waals surface area contributed by atoms with Gasteiger partial charge in [-0.2, -0.15) is 0 Å². The zero-order valence-electron chi connectivity index (χ0n) is 13.4. The van der Waals surface area contributed by atoms with Crippen LogP contribution < -0.4 is 5.32 Å². The van der Waals surface area contributed by atoms with Crippen LogP contribution in [0.1, 0.15) is 51.9 Å². The maximum atomic E-state index is 6.09. The second kappa shape index (κ2) is 8.81. The van der Waals surface area contributed by atoms with Gasteiger partial charge in [0.15, 0.2) is 0 Å². The van der Waals surface area contributed by atoms with E-state index in [1.807, 2.05) is 0 Å². The summed E-state index contributed by atoms with van der Waals surface area (Å²) < 4.78 is 6.09. The zero-order valence-corrected chi connectivity index (χ0v) is 13.4. The fourth-order valence-corrected chi connectivity index (χ4v) is 3.56. The predicted molar refractivity (Wildman–Crippen MR) is 85.1 cm³/mol. The molecular formula is C17H32N2O. The Morgan fingerprint density at radius 1 is 1.35 bits per heavy atom. The highest BCUT2D eigenvalue weighted by Gasteiger charge is 2.29. The van der Waals surface area contributed by atoms with Crippen LogP contribution in [0.15, 0.2) is 11.6 Å². The molecule has 0 aromatic rings. The Balaban J connectivity index is 1.98. The maximum absolute atomic E-state index is 6.09. The van der Waals surface area contributed by atoms with Crippen molar-refractivity contribution in [3.63, 3.8) is 0 Å². The van der Waals surface area contributed by atoms with Crippen molar-refractivity contribution in [3.8, 4) is 0 Å². The Morgan fingerprint density at radius 2 is 2.20 bits per heavy atom. The molecule has 20 heavy (non-hydrogen) atoms. The van der Waals surface area contributed by atoms with Crippen LogP contribution in [0, 0.1) is 0 Å². The summed E-state index contributed by atoms with van der Waals surface area (Å²) in [4.78, 5) is 2.56. The van der Waals surface area contributed by atoms with E-state index in [4.69, 9.17) is 4.74 Å². The molecule has 1 aliphatic carbocycles. The molecule has 0 radical (unpaired) electrons. The van der Waals surface area contributed by atoms with Crippen LogP contribution >= 0.6 is 0 Å². The van der Waals surface area contributed by atoms with E-state index in [2.05, 4.69) is 30.3 Å². The normalized spacial score (nSPS) is 27.5. The number of morpholine rings is 1. The molecule has 2 aliphatic rings. The number of ether oxygens (including phenoxy) is 1. The molecule has 0 aromatic heterocycles. The summed E-state index contributed by atoms with van der Waals surface area (Å²) in [6.07, 6.45) is 12.0. The molecule has 0 amide bonds. The third-order valence-corrected chi connectivity index (χ3v) is 4.63. The van der Waals surface area contributed by atoms with Crippen LogP contribution in [0.5, 0.6) is 0 Å². The van der Waals surface area contributed by atoms with Crippen LogP contribution in [-0.2, 0) is 4.74 Å². The van der Waals surface area contributed by atoms with Crippen LogP contribution in [0.3, 0.4) is 0 Å². The predicted octanol–water partition coefficient (Wildman–Crippen LogP) is 2.97. The number of nitrogens with one attached hydrogen (secondary N) is 1. The summed E-state index contributed by atoms with van der Waals surface area (Å²) in [5.41, 5.74) is 1.59. The SMILES string of the molecule is CCCN1CCOC(C(NC)C2=CCCCCCC2)C1. The second-order valence-electron chi connectivity index (χ2n) is 6.21. The van der Waals surface area contributed by atoms with E-state index < -0.39 is 0 Å². The molecule has 0 spiro atoms. The van der Waals surface area contributed by atoms with Crippen LogP contribution in [0.4, 0.5) is 0 Å². The monoisotopic (exact) mass is 280 g/mol.